The van der Waals surface area contributed by atoms with Gasteiger partial charge in [-0.15, -0.1) is 6.42 Å². The van der Waals surface area contributed by atoms with Gasteiger partial charge in [0.15, 0.2) is 0 Å². The Labute approximate surface area is 72.8 Å². The maximum Gasteiger partial charge on any atom is 0.122 e. The molecule has 64 valence electrons. The van der Waals surface area contributed by atoms with Crippen LogP contribution in [0, 0.1) is 12.3 Å². The molecule has 1 rings (SSSR count). The van der Waals surface area contributed by atoms with E-state index in [0.717, 1.165) is 18.9 Å². The van der Waals surface area contributed by atoms with Crippen molar-refractivity contribution in [3.05, 3.63) is 18.2 Å². The third-order valence-corrected chi connectivity index (χ3v) is 1.65. The zero-order valence-electron chi connectivity index (χ0n) is 7.25. The van der Waals surface area contributed by atoms with Crippen LogP contribution in [-0.2, 0) is 13.1 Å². The number of rotatable bonds is 4. The molecule has 0 saturated heterocycles. The molecular formula is C9H13N3. The molecule has 0 radical (unpaired) electrons. The Bertz CT molecular complexity index is 270. The Kier molecular flexibility index (Phi) is 3.36. The molecule has 0 aliphatic carbocycles. The Hall–Kier alpha value is -1.27. The minimum absolute atomic E-state index is 0.594. The summed E-state index contributed by atoms with van der Waals surface area (Å²) in [6.45, 7) is 4.38. The molecule has 1 N–H and O–H groups in total. The summed E-state index contributed by atoms with van der Waals surface area (Å²) in [5, 5.41) is 3.09. The Balaban J connectivity index is 2.46. The number of aryl methyl sites for hydroxylation is 1. The van der Waals surface area contributed by atoms with Crippen LogP contribution < -0.4 is 5.32 Å². The molecule has 0 atom stereocenters. The van der Waals surface area contributed by atoms with Crippen molar-refractivity contribution in [3.8, 4) is 12.3 Å². The van der Waals surface area contributed by atoms with E-state index in [-0.39, 0.29) is 0 Å². The summed E-state index contributed by atoms with van der Waals surface area (Å²) >= 11 is 0. The highest BCUT2D eigenvalue weighted by Crippen LogP contribution is 1.95. The standard InChI is InChI=1S/C9H13N3/c1-3-5-10-8-9-11-6-7-12(9)4-2/h1,6-7,10H,4-5,8H2,2H3. The average molecular weight is 163 g/mol. The summed E-state index contributed by atoms with van der Waals surface area (Å²) in [4.78, 5) is 4.19. The molecule has 1 aromatic heterocycles. The fourth-order valence-electron chi connectivity index (χ4n) is 1.04. The van der Waals surface area contributed by atoms with E-state index in [1.165, 1.54) is 0 Å². The Morgan fingerprint density at radius 1 is 1.75 bits per heavy atom. The monoisotopic (exact) mass is 163 g/mol. The number of terminal acetylenes is 1. The largest absolute Gasteiger partial charge is 0.334 e. The van der Waals surface area contributed by atoms with E-state index in [1.807, 2.05) is 6.20 Å². The summed E-state index contributed by atoms with van der Waals surface area (Å²) in [6.07, 6.45) is 8.87. The summed E-state index contributed by atoms with van der Waals surface area (Å²) in [5.41, 5.74) is 0. The topological polar surface area (TPSA) is 29.9 Å². The van der Waals surface area contributed by atoms with E-state index in [0.29, 0.717) is 6.54 Å². The van der Waals surface area contributed by atoms with E-state index >= 15 is 0 Å². The molecule has 0 aromatic carbocycles. The lowest BCUT2D eigenvalue weighted by Crippen LogP contribution is -2.16. The third kappa shape index (κ3) is 2.11. The molecule has 3 nitrogen and oxygen atoms in total. The minimum Gasteiger partial charge on any atom is -0.334 e. The van der Waals surface area contributed by atoms with Gasteiger partial charge in [0, 0.05) is 18.9 Å². The van der Waals surface area contributed by atoms with Gasteiger partial charge in [-0.05, 0) is 6.92 Å². The van der Waals surface area contributed by atoms with Crippen LogP contribution in [0.25, 0.3) is 0 Å². The maximum absolute atomic E-state index is 5.10. The Morgan fingerprint density at radius 2 is 2.58 bits per heavy atom. The first-order valence-corrected chi connectivity index (χ1v) is 4.02. The van der Waals surface area contributed by atoms with Crippen LogP contribution in [0.4, 0.5) is 0 Å². The lowest BCUT2D eigenvalue weighted by molar-refractivity contribution is 0.643. The van der Waals surface area contributed by atoms with Gasteiger partial charge in [-0.1, -0.05) is 5.92 Å². The average Bonchev–Trinajstić information content (AvgIpc) is 2.52. The predicted molar refractivity (Wildman–Crippen MR) is 48.4 cm³/mol. The van der Waals surface area contributed by atoms with Crippen LogP contribution in [0.15, 0.2) is 12.4 Å². The molecule has 0 amide bonds. The highest BCUT2D eigenvalue weighted by Gasteiger charge is 1.97. The molecule has 1 heterocycles. The summed E-state index contributed by atoms with van der Waals surface area (Å²) in [5.74, 6) is 3.55. The molecular weight excluding hydrogens is 150 g/mol. The van der Waals surface area contributed by atoms with Gasteiger partial charge in [-0.25, -0.2) is 4.98 Å². The zero-order valence-corrected chi connectivity index (χ0v) is 7.25. The third-order valence-electron chi connectivity index (χ3n) is 1.65. The van der Waals surface area contributed by atoms with E-state index in [4.69, 9.17) is 6.42 Å². The van der Waals surface area contributed by atoms with Crippen LogP contribution in [0.3, 0.4) is 0 Å². The molecule has 0 unspecified atom stereocenters. The normalized spacial score (nSPS) is 9.67. The van der Waals surface area contributed by atoms with Gasteiger partial charge in [-0.2, -0.15) is 0 Å². The van der Waals surface area contributed by atoms with Crippen LogP contribution in [-0.4, -0.2) is 16.1 Å². The molecule has 0 spiro atoms. The van der Waals surface area contributed by atoms with Gasteiger partial charge in [-0.3, -0.25) is 5.32 Å². The molecule has 0 saturated carbocycles. The first kappa shape index (κ1) is 8.82. The van der Waals surface area contributed by atoms with E-state index in [9.17, 15) is 0 Å². The number of imidazole rings is 1. The molecule has 3 heteroatoms. The number of aromatic nitrogens is 2. The molecule has 0 aliphatic heterocycles. The van der Waals surface area contributed by atoms with Crippen molar-refractivity contribution in [1.29, 1.82) is 0 Å². The second-order valence-electron chi connectivity index (χ2n) is 2.44. The smallest absolute Gasteiger partial charge is 0.122 e. The first-order chi connectivity index (χ1) is 5.88. The number of nitrogens with zero attached hydrogens (tertiary/aromatic N) is 2. The van der Waals surface area contributed by atoms with Crippen molar-refractivity contribution in [1.82, 2.24) is 14.9 Å². The van der Waals surface area contributed by atoms with Crippen molar-refractivity contribution < 1.29 is 0 Å². The van der Waals surface area contributed by atoms with Crippen molar-refractivity contribution in [3.63, 3.8) is 0 Å². The van der Waals surface area contributed by atoms with Gasteiger partial charge >= 0.3 is 0 Å². The van der Waals surface area contributed by atoms with Gasteiger partial charge in [0.1, 0.15) is 5.82 Å². The number of hydrogen-bond acceptors (Lipinski definition) is 2. The van der Waals surface area contributed by atoms with Crippen LogP contribution in [0.2, 0.25) is 0 Å². The zero-order chi connectivity index (χ0) is 8.81. The maximum atomic E-state index is 5.10. The lowest BCUT2D eigenvalue weighted by atomic mass is 10.5. The van der Waals surface area contributed by atoms with Crippen LogP contribution in [0.5, 0.6) is 0 Å². The van der Waals surface area contributed by atoms with Crippen LogP contribution >= 0.6 is 0 Å². The number of nitrogens with one attached hydrogen (secondary N) is 1. The molecule has 1 aromatic rings. The van der Waals surface area contributed by atoms with Gasteiger partial charge in [0.05, 0.1) is 13.1 Å². The van der Waals surface area contributed by atoms with E-state index in [1.54, 1.807) is 6.20 Å². The van der Waals surface area contributed by atoms with Crippen molar-refractivity contribution in [2.45, 2.75) is 20.0 Å². The quantitative estimate of drug-likeness (QED) is 0.521. The second-order valence-corrected chi connectivity index (χ2v) is 2.44. The van der Waals surface area contributed by atoms with Crippen molar-refractivity contribution in [2.75, 3.05) is 6.54 Å². The fourth-order valence-corrected chi connectivity index (χ4v) is 1.04. The van der Waals surface area contributed by atoms with Gasteiger partial charge < -0.3 is 4.57 Å². The SMILES string of the molecule is C#CCNCc1nccn1CC. The van der Waals surface area contributed by atoms with Crippen molar-refractivity contribution in [2.24, 2.45) is 0 Å². The second kappa shape index (κ2) is 4.58. The van der Waals surface area contributed by atoms with Gasteiger partial charge in [0.2, 0.25) is 0 Å². The fraction of sp³-hybridized carbons (Fsp3) is 0.444. The Morgan fingerprint density at radius 3 is 3.25 bits per heavy atom. The molecule has 0 fully saturated rings. The highest BCUT2D eigenvalue weighted by atomic mass is 15.1. The summed E-state index contributed by atoms with van der Waals surface area (Å²) < 4.78 is 2.09. The van der Waals surface area contributed by atoms with E-state index in [2.05, 4.69) is 27.7 Å². The van der Waals surface area contributed by atoms with Gasteiger partial charge in [0.25, 0.3) is 0 Å². The first-order valence-electron chi connectivity index (χ1n) is 4.02. The highest BCUT2D eigenvalue weighted by molar-refractivity contribution is 4.93. The lowest BCUT2D eigenvalue weighted by Gasteiger charge is -2.03. The van der Waals surface area contributed by atoms with E-state index < -0.39 is 0 Å². The summed E-state index contributed by atoms with van der Waals surface area (Å²) in [6, 6.07) is 0. The molecule has 0 aliphatic rings. The molecule has 0 bridgehead atoms. The minimum atomic E-state index is 0.594. The number of hydrogen-bond donors (Lipinski definition) is 1. The van der Waals surface area contributed by atoms with Crippen LogP contribution in [0.1, 0.15) is 12.7 Å². The predicted octanol–water partition coefficient (Wildman–Crippen LogP) is 0.626. The van der Waals surface area contributed by atoms with Crippen molar-refractivity contribution >= 4 is 0 Å². The molecule has 12 heavy (non-hydrogen) atoms. The summed E-state index contributed by atoms with van der Waals surface area (Å²) in [7, 11) is 0.